The van der Waals surface area contributed by atoms with Crippen molar-refractivity contribution < 1.29 is 8.78 Å². The van der Waals surface area contributed by atoms with E-state index in [1.807, 2.05) is 0 Å². The van der Waals surface area contributed by atoms with Crippen LogP contribution in [0, 0.1) is 11.6 Å². The molecule has 1 heterocycles. The van der Waals surface area contributed by atoms with E-state index < -0.39 is 11.6 Å². The summed E-state index contributed by atoms with van der Waals surface area (Å²) in [6, 6.07) is 5.62. The molecule has 0 spiro atoms. The predicted molar refractivity (Wildman–Crippen MR) is 69.3 cm³/mol. The van der Waals surface area contributed by atoms with Crippen molar-refractivity contribution in [1.82, 2.24) is 4.98 Å². The van der Waals surface area contributed by atoms with Crippen LogP contribution < -0.4 is 5.32 Å². The van der Waals surface area contributed by atoms with E-state index in [1.54, 1.807) is 18.3 Å². The normalized spacial score (nSPS) is 10.4. The van der Waals surface area contributed by atoms with Crippen molar-refractivity contribution in [2.45, 2.75) is 0 Å². The number of nitrogens with zero attached hydrogens (tertiary/aromatic N) is 1. The molecule has 2 rings (SSSR count). The Labute approximate surface area is 113 Å². The van der Waals surface area contributed by atoms with Gasteiger partial charge in [-0.2, -0.15) is 0 Å². The van der Waals surface area contributed by atoms with Gasteiger partial charge in [0, 0.05) is 12.3 Å². The van der Waals surface area contributed by atoms with Crippen LogP contribution in [0.3, 0.4) is 0 Å². The molecule has 0 aliphatic rings. The highest BCUT2D eigenvalue weighted by Gasteiger charge is 2.10. The molecule has 1 aromatic heterocycles. The fourth-order valence-electron chi connectivity index (χ4n) is 1.22. The number of halogens is 4. The number of hydrogen-bond acceptors (Lipinski definition) is 2. The maximum atomic E-state index is 13.5. The lowest BCUT2D eigenvalue weighted by molar-refractivity contribution is 0.597. The number of nitrogens with one attached hydrogen (secondary N) is 1. The highest BCUT2D eigenvalue weighted by Crippen LogP contribution is 2.28. The fraction of sp³-hybridized carbons (Fsp3) is 0. The van der Waals surface area contributed by atoms with E-state index >= 15 is 0 Å². The average molecular weight is 364 g/mol. The third kappa shape index (κ3) is 2.81. The van der Waals surface area contributed by atoms with Gasteiger partial charge in [0.15, 0.2) is 0 Å². The molecule has 0 unspecified atom stereocenters. The van der Waals surface area contributed by atoms with Gasteiger partial charge in [-0.1, -0.05) is 0 Å². The van der Waals surface area contributed by atoms with Crippen LogP contribution in [-0.4, -0.2) is 4.98 Å². The Morgan fingerprint density at radius 1 is 1.06 bits per heavy atom. The van der Waals surface area contributed by atoms with Crippen molar-refractivity contribution in [3.05, 3.63) is 51.0 Å². The number of rotatable bonds is 2. The third-order valence-corrected chi connectivity index (χ3v) is 3.27. The lowest BCUT2D eigenvalue weighted by Crippen LogP contribution is -1.98. The average Bonchev–Trinajstić information content (AvgIpc) is 2.29. The summed E-state index contributed by atoms with van der Waals surface area (Å²) in [6.45, 7) is 0. The summed E-state index contributed by atoms with van der Waals surface area (Å²) in [5.41, 5.74) is 0.0325. The summed E-state index contributed by atoms with van der Waals surface area (Å²) >= 11 is 6.17. The second-order valence-corrected chi connectivity index (χ2v) is 4.91. The van der Waals surface area contributed by atoms with E-state index in [9.17, 15) is 8.78 Å². The highest BCUT2D eigenvalue weighted by atomic mass is 79.9. The molecule has 0 saturated carbocycles. The van der Waals surface area contributed by atoms with Gasteiger partial charge in [0.05, 0.1) is 14.6 Å². The van der Waals surface area contributed by atoms with Crippen LogP contribution in [0.2, 0.25) is 0 Å². The molecule has 0 bridgehead atoms. The number of pyridine rings is 1. The standard InChI is InChI=1S/C11H6Br2F2N2/c12-6-2-1-3-16-11(6)17-10-5-8(14)7(13)4-9(10)15/h1-5H,(H,16,17). The van der Waals surface area contributed by atoms with Crippen LogP contribution in [-0.2, 0) is 0 Å². The molecule has 0 aliphatic carbocycles. The molecule has 88 valence electrons. The van der Waals surface area contributed by atoms with Crippen LogP contribution in [0.1, 0.15) is 0 Å². The zero-order valence-corrected chi connectivity index (χ0v) is 11.5. The SMILES string of the molecule is Fc1cc(Nc2ncccc2Br)c(F)cc1Br. The quantitative estimate of drug-likeness (QED) is 0.787. The summed E-state index contributed by atoms with van der Waals surface area (Å²) in [5.74, 6) is -0.676. The first kappa shape index (κ1) is 12.4. The molecule has 0 fully saturated rings. The van der Waals surface area contributed by atoms with Crippen molar-refractivity contribution in [3.63, 3.8) is 0 Å². The second kappa shape index (κ2) is 5.10. The first-order valence-electron chi connectivity index (χ1n) is 4.60. The van der Waals surface area contributed by atoms with Gasteiger partial charge >= 0.3 is 0 Å². The molecule has 0 saturated heterocycles. The van der Waals surface area contributed by atoms with Gasteiger partial charge in [-0.25, -0.2) is 13.8 Å². The van der Waals surface area contributed by atoms with E-state index in [4.69, 9.17) is 0 Å². The van der Waals surface area contributed by atoms with E-state index in [0.717, 1.165) is 12.1 Å². The van der Waals surface area contributed by atoms with Crippen LogP contribution in [0.4, 0.5) is 20.3 Å². The first-order chi connectivity index (χ1) is 8.08. The molecule has 0 atom stereocenters. The molecule has 0 aliphatic heterocycles. The van der Waals surface area contributed by atoms with Gasteiger partial charge in [0.1, 0.15) is 17.5 Å². The molecule has 17 heavy (non-hydrogen) atoms. The van der Waals surface area contributed by atoms with E-state index in [0.29, 0.717) is 10.3 Å². The molecule has 2 nitrogen and oxygen atoms in total. The number of hydrogen-bond donors (Lipinski definition) is 1. The molecule has 1 aromatic carbocycles. The monoisotopic (exact) mass is 362 g/mol. The maximum absolute atomic E-state index is 13.5. The zero-order valence-electron chi connectivity index (χ0n) is 8.35. The molecule has 6 heteroatoms. The predicted octanol–water partition coefficient (Wildman–Crippen LogP) is 4.63. The summed E-state index contributed by atoms with van der Waals surface area (Å²) in [7, 11) is 0. The minimum absolute atomic E-state index is 0.0325. The van der Waals surface area contributed by atoms with Gasteiger partial charge in [0.2, 0.25) is 0 Å². The minimum atomic E-state index is -0.559. The van der Waals surface area contributed by atoms with E-state index in [1.165, 1.54) is 0 Å². The molecule has 1 N–H and O–H groups in total. The van der Waals surface area contributed by atoms with Crippen molar-refractivity contribution in [2.24, 2.45) is 0 Å². The summed E-state index contributed by atoms with van der Waals surface area (Å²) in [5, 5.41) is 2.71. The molecule has 2 aromatic rings. The minimum Gasteiger partial charge on any atom is -0.337 e. The van der Waals surface area contributed by atoms with Crippen molar-refractivity contribution in [2.75, 3.05) is 5.32 Å². The van der Waals surface area contributed by atoms with Gasteiger partial charge in [0.25, 0.3) is 0 Å². The molecule has 0 radical (unpaired) electrons. The van der Waals surface area contributed by atoms with Crippen LogP contribution in [0.5, 0.6) is 0 Å². The topological polar surface area (TPSA) is 24.9 Å². The van der Waals surface area contributed by atoms with Gasteiger partial charge in [-0.3, -0.25) is 0 Å². The maximum Gasteiger partial charge on any atom is 0.148 e. The molecule has 0 amide bonds. The Balaban J connectivity index is 2.37. The van der Waals surface area contributed by atoms with Gasteiger partial charge in [-0.05, 0) is 50.1 Å². The van der Waals surface area contributed by atoms with E-state index in [-0.39, 0.29) is 10.2 Å². The number of benzene rings is 1. The summed E-state index contributed by atoms with van der Waals surface area (Å²) < 4.78 is 27.6. The Bertz CT molecular complexity index is 561. The van der Waals surface area contributed by atoms with Crippen molar-refractivity contribution in [3.8, 4) is 0 Å². The molecular formula is C11H6Br2F2N2. The number of aromatic nitrogens is 1. The summed E-state index contributed by atoms with van der Waals surface area (Å²) in [4.78, 5) is 4.01. The number of anilines is 2. The van der Waals surface area contributed by atoms with E-state index in [2.05, 4.69) is 42.2 Å². The van der Waals surface area contributed by atoms with Crippen molar-refractivity contribution >= 4 is 43.4 Å². The Morgan fingerprint density at radius 3 is 2.53 bits per heavy atom. The van der Waals surface area contributed by atoms with Crippen LogP contribution >= 0.6 is 31.9 Å². The van der Waals surface area contributed by atoms with Gasteiger partial charge < -0.3 is 5.32 Å². The van der Waals surface area contributed by atoms with Gasteiger partial charge in [-0.15, -0.1) is 0 Å². The largest absolute Gasteiger partial charge is 0.337 e. The summed E-state index contributed by atoms with van der Waals surface area (Å²) in [6.07, 6.45) is 1.56. The zero-order chi connectivity index (χ0) is 12.4. The Hall–Kier alpha value is -1.01. The van der Waals surface area contributed by atoms with Crippen molar-refractivity contribution in [1.29, 1.82) is 0 Å². The fourth-order valence-corrected chi connectivity index (χ4v) is 1.89. The lowest BCUT2D eigenvalue weighted by atomic mass is 10.3. The highest BCUT2D eigenvalue weighted by molar-refractivity contribution is 9.10. The Morgan fingerprint density at radius 2 is 1.82 bits per heavy atom. The Kier molecular flexibility index (Phi) is 3.73. The van der Waals surface area contributed by atoms with Crippen LogP contribution in [0.25, 0.3) is 0 Å². The lowest BCUT2D eigenvalue weighted by Gasteiger charge is -2.08. The smallest absolute Gasteiger partial charge is 0.148 e. The third-order valence-electron chi connectivity index (χ3n) is 2.02. The second-order valence-electron chi connectivity index (χ2n) is 3.20. The first-order valence-corrected chi connectivity index (χ1v) is 6.18. The molecular weight excluding hydrogens is 358 g/mol. The van der Waals surface area contributed by atoms with Crippen LogP contribution in [0.15, 0.2) is 39.4 Å².